The highest BCUT2D eigenvalue weighted by Gasteiger charge is 2.31. The molecule has 14 heteroatoms. The van der Waals surface area contributed by atoms with Crippen LogP contribution in [0.5, 0.6) is 0 Å². The van der Waals surface area contributed by atoms with E-state index in [4.69, 9.17) is 16.9 Å². The van der Waals surface area contributed by atoms with Gasteiger partial charge < -0.3 is 32.7 Å². The van der Waals surface area contributed by atoms with Gasteiger partial charge in [-0.15, -0.1) is 11.3 Å². The van der Waals surface area contributed by atoms with Crippen LogP contribution in [-0.4, -0.2) is 65.0 Å². The summed E-state index contributed by atoms with van der Waals surface area (Å²) in [7, 11) is 0. The molecule has 228 valence electrons. The summed E-state index contributed by atoms with van der Waals surface area (Å²) in [6.07, 6.45) is 0.493. The number of amides is 4. The molecule has 43 heavy (non-hydrogen) atoms. The van der Waals surface area contributed by atoms with Crippen LogP contribution < -0.4 is 32.7 Å². The second-order valence-electron chi connectivity index (χ2n) is 9.90. The lowest BCUT2D eigenvalue weighted by Gasteiger charge is -2.25. The summed E-state index contributed by atoms with van der Waals surface area (Å²) in [5.74, 6) is -3.03. The molecule has 0 aliphatic rings. The molecule has 0 saturated carbocycles. The van der Waals surface area contributed by atoms with Gasteiger partial charge in [0.15, 0.2) is 11.0 Å². The van der Waals surface area contributed by atoms with Crippen LogP contribution in [0.25, 0.3) is 10.2 Å². The van der Waals surface area contributed by atoms with Gasteiger partial charge in [-0.25, -0.2) is 4.98 Å². The smallest absolute Gasteiger partial charge is 0.243 e. The van der Waals surface area contributed by atoms with E-state index >= 15 is 0 Å². The molecule has 0 saturated heterocycles. The van der Waals surface area contributed by atoms with Gasteiger partial charge in [0.05, 0.1) is 16.3 Å². The molecular weight excluding hydrogens is 572 g/mol. The molecule has 0 spiro atoms. The van der Waals surface area contributed by atoms with Crippen molar-refractivity contribution in [2.24, 2.45) is 11.5 Å². The average molecular weight is 609 g/mol. The van der Waals surface area contributed by atoms with Crippen molar-refractivity contribution in [1.82, 2.24) is 26.3 Å². The number of hydrogen-bond acceptors (Lipinski definition) is 8. The molecule has 1 unspecified atom stereocenters. The minimum absolute atomic E-state index is 0.0533. The molecule has 13 nitrogen and oxygen atoms in total. The number of aromatic nitrogens is 1. The molecule has 2 aromatic carbocycles. The summed E-state index contributed by atoms with van der Waals surface area (Å²) in [6.45, 7) is 1.54. The number of Topliss-reactive ketones (excluding diaryl/α,β-unsaturated/α-hetero) is 1. The van der Waals surface area contributed by atoms with Crippen LogP contribution in [0.3, 0.4) is 0 Å². The zero-order valence-electron chi connectivity index (χ0n) is 23.7. The molecular formula is C29H36N8O5S. The summed E-state index contributed by atoms with van der Waals surface area (Å²) in [6, 6.07) is 13.1. The molecule has 0 bridgehead atoms. The van der Waals surface area contributed by atoms with Crippen LogP contribution in [0.1, 0.15) is 48.0 Å². The molecule has 3 atom stereocenters. The Morgan fingerprint density at radius 2 is 1.51 bits per heavy atom. The quantitative estimate of drug-likeness (QED) is 0.0530. The molecule has 9 N–H and O–H groups in total. The number of benzene rings is 2. The Balaban J connectivity index is 1.85. The van der Waals surface area contributed by atoms with E-state index in [0.717, 1.165) is 10.3 Å². The number of guanidine groups is 1. The lowest BCUT2D eigenvalue weighted by molar-refractivity contribution is -0.132. The molecule has 3 aromatic rings. The Morgan fingerprint density at radius 3 is 2.16 bits per heavy atom. The van der Waals surface area contributed by atoms with E-state index in [1.807, 2.05) is 24.3 Å². The largest absolute Gasteiger partial charge is 0.370 e. The topological polar surface area (TPSA) is 222 Å². The van der Waals surface area contributed by atoms with Gasteiger partial charge in [-0.2, -0.15) is 0 Å². The van der Waals surface area contributed by atoms with Crippen molar-refractivity contribution in [3.63, 3.8) is 0 Å². The monoisotopic (exact) mass is 608 g/mol. The first kappa shape index (κ1) is 32.7. The molecule has 4 amide bonds. The van der Waals surface area contributed by atoms with Gasteiger partial charge in [-0.1, -0.05) is 42.5 Å². The standard InChI is InChI=1S/C29H36N8O5S/c1-17(38)34-21(13-14-24(30)39)26(41)36-22(16-18-8-3-2-4-9-18)27(42)35-20(11-7-15-33-29(31)32)25(40)28-37-19-10-5-6-12-23(19)43-28/h2-6,8-10,12,20-22H,7,11,13-16H2,1H3,(H2,30,39)(H,34,38)(H,35,42)(H,36,41)(H4,31,32,33)/t20?,21-,22-/m0/s1. The van der Waals surface area contributed by atoms with E-state index in [-0.39, 0.29) is 42.4 Å². The van der Waals surface area contributed by atoms with E-state index in [0.29, 0.717) is 18.5 Å². The Bertz CT molecular complexity index is 1430. The number of ketones is 1. The Kier molecular flexibility index (Phi) is 12.1. The SMILES string of the molecule is CC(=O)N[C@@H](CCC(N)=O)C(=O)N[C@@H](Cc1ccccc1)C(=O)NC(CCCNC(=N)N)C(=O)c1nc2ccccc2s1. The molecule has 1 aromatic heterocycles. The van der Waals surface area contributed by atoms with Crippen molar-refractivity contribution in [2.75, 3.05) is 6.54 Å². The number of hydrogen-bond donors (Lipinski definition) is 7. The second-order valence-corrected chi connectivity index (χ2v) is 10.9. The Labute approximate surface area is 252 Å². The Hall–Kier alpha value is -4.85. The summed E-state index contributed by atoms with van der Waals surface area (Å²) < 4.78 is 0.823. The van der Waals surface area contributed by atoms with Crippen molar-refractivity contribution in [1.29, 1.82) is 5.41 Å². The van der Waals surface area contributed by atoms with Crippen molar-refractivity contribution >= 4 is 56.9 Å². The van der Waals surface area contributed by atoms with Crippen LogP contribution >= 0.6 is 11.3 Å². The molecule has 0 aliphatic heterocycles. The second kappa shape index (κ2) is 16.0. The van der Waals surface area contributed by atoms with Crippen LogP contribution in [0.2, 0.25) is 0 Å². The molecule has 1 heterocycles. The van der Waals surface area contributed by atoms with Gasteiger partial charge in [0.1, 0.15) is 12.1 Å². The van der Waals surface area contributed by atoms with Gasteiger partial charge in [0, 0.05) is 26.3 Å². The first-order chi connectivity index (χ1) is 20.5. The van der Waals surface area contributed by atoms with E-state index < -0.39 is 41.8 Å². The van der Waals surface area contributed by atoms with Crippen molar-refractivity contribution < 1.29 is 24.0 Å². The van der Waals surface area contributed by atoms with Gasteiger partial charge in [0.25, 0.3) is 0 Å². The fraction of sp³-hybridized carbons (Fsp3) is 0.345. The molecule has 0 radical (unpaired) electrons. The van der Waals surface area contributed by atoms with Gasteiger partial charge >= 0.3 is 0 Å². The van der Waals surface area contributed by atoms with Crippen LogP contribution in [0.15, 0.2) is 54.6 Å². The highest BCUT2D eigenvalue weighted by molar-refractivity contribution is 7.20. The summed E-state index contributed by atoms with van der Waals surface area (Å²) >= 11 is 1.21. The van der Waals surface area contributed by atoms with E-state index in [1.165, 1.54) is 18.3 Å². The molecule has 0 aliphatic carbocycles. The third-order valence-electron chi connectivity index (χ3n) is 6.41. The van der Waals surface area contributed by atoms with Crippen molar-refractivity contribution in [3.8, 4) is 0 Å². The highest BCUT2D eigenvalue weighted by Crippen LogP contribution is 2.23. The van der Waals surface area contributed by atoms with Gasteiger partial charge in [0.2, 0.25) is 29.4 Å². The Morgan fingerprint density at radius 1 is 0.860 bits per heavy atom. The number of nitrogens with one attached hydrogen (secondary N) is 5. The fourth-order valence-electron chi connectivity index (χ4n) is 4.33. The van der Waals surface area contributed by atoms with Crippen LogP contribution in [0.4, 0.5) is 0 Å². The minimum Gasteiger partial charge on any atom is -0.370 e. The first-order valence-corrected chi connectivity index (χ1v) is 14.5. The third-order valence-corrected chi connectivity index (χ3v) is 7.46. The molecule has 3 rings (SSSR count). The number of para-hydroxylation sites is 1. The minimum atomic E-state index is -1.12. The number of nitrogens with two attached hydrogens (primary N) is 2. The van der Waals surface area contributed by atoms with Crippen molar-refractivity contribution in [3.05, 3.63) is 65.2 Å². The zero-order valence-corrected chi connectivity index (χ0v) is 24.5. The highest BCUT2D eigenvalue weighted by atomic mass is 32.1. The maximum Gasteiger partial charge on any atom is 0.243 e. The third kappa shape index (κ3) is 10.5. The number of nitrogens with zero attached hydrogens (tertiary/aromatic N) is 1. The maximum atomic E-state index is 13.7. The van der Waals surface area contributed by atoms with E-state index in [2.05, 4.69) is 26.3 Å². The predicted octanol–water partition coefficient (Wildman–Crippen LogP) is 0.725. The average Bonchev–Trinajstić information content (AvgIpc) is 3.40. The van der Waals surface area contributed by atoms with Crippen LogP contribution in [0, 0.1) is 5.41 Å². The number of carbonyl (C=O) groups is 5. The maximum absolute atomic E-state index is 13.7. The van der Waals surface area contributed by atoms with Crippen molar-refractivity contribution in [2.45, 2.75) is 57.2 Å². The predicted molar refractivity (Wildman–Crippen MR) is 163 cm³/mol. The number of primary amides is 1. The number of carbonyl (C=O) groups excluding carboxylic acids is 5. The zero-order chi connectivity index (χ0) is 31.4. The fourth-order valence-corrected chi connectivity index (χ4v) is 5.29. The van der Waals surface area contributed by atoms with Crippen LogP contribution in [-0.2, 0) is 25.6 Å². The first-order valence-electron chi connectivity index (χ1n) is 13.7. The number of fused-ring (bicyclic) bond motifs is 1. The number of rotatable bonds is 16. The lowest BCUT2D eigenvalue weighted by atomic mass is 10.0. The summed E-state index contributed by atoms with van der Waals surface area (Å²) in [5, 5.41) is 18.2. The molecule has 0 fully saturated rings. The van der Waals surface area contributed by atoms with Gasteiger partial charge in [-0.05, 0) is 37.0 Å². The number of thiazole rings is 1. The lowest BCUT2D eigenvalue weighted by Crippen LogP contribution is -2.56. The normalized spacial score (nSPS) is 12.9. The summed E-state index contributed by atoms with van der Waals surface area (Å²) in [5.41, 5.74) is 12.0. The summed E-state index contributed by atoms with van der Waals surface area (Å²) in [4.78, 5) is 68.1. The van der Waals surface area contributed by atoms with E-state index in [9.17, 15) is 24.0 Å². The van der Waals surface area contributed by atoms with E-state index in [1.54, 1.807) is 30.3 Å². The van der Waals surface area contributed by atoms with Gasteiger partial charge in [-0.3, -0.25) is 29.4 Å².